The van der Waals surface area contributed by atoms with Gasteiger partial charge in [0.05, 0.1) is 12.2 Å². The summed E-state index contributed by atoms with van der Waals surface area (Å²) in [7, 11) is 1.79. The third-order valence-electron chi connectivity index (χ3n) is 3.87. The molecule has 0 spiro atoms. The smallest absolute Gasteiger partial charge is 0.0750 e. The molecule has 0 bridgehead atoms. The molecule has 3 nitrogen and oxygen atoms in total. The Bertz CT molecular complexity index is 200. The van der Waals surface area contributed by atoms with E-state index in [2.05, 4.69) is 0 Å². The minimum Gasteiger partial charge on any atom is -0.380 e. The van der Waals surface area contributed by atoms with Gasteiger partial charge in [-0.1, -0.05) is 0 Å². The summed E-state index contributed by atoms with van der Waals surface area (Å²) in [6, 6.07) is 0.221. The van der Waals surface area contributed by atoms with Gasteiger partial charge in [0.2, 0.25) is 0 Å². The van der Waals surface area contributed by atoms with Crippen LogP contribution >= 0.6 is 0 Å². The molecule has 3 unspecified atom stereocenters. The minimum atomic E-state index is 0.221. The first-order valence-electron chi connectivity index (χ1n) is 6.71. The third kappa shape index (κ3) is 3.44. The summed E-state index contributed by atoms with van der Waals surface area (Å²) in [4.78, 5) is 0. The van der Waals surface area contributed by atoms with Crippen LogP contribution in [0, 0.1) is 5.92 Å². The third-order valence-corrected chi connectivity index (χ3v) is 3.87. The van der Waals surface area contributed by atoms with E-state index < -0.39 is 0 Å². The number of hydrogen-bond acceptors (Lipinski definition) is 3. The summed E-state index contributed by atoms with van der Waals surface area (Å²) in [5, 5.41) is 0. The van der Waals surface area contributed by atoms with Crippen molar-refractivity contribution in [2.45, 2.75) is 63.2 Å². The molecule has 1 saturated heterocycles. The molecule has 2 N–H and O–H groups in total. The van der Waals surface area contributed by atoms with E-state index in [0.717, 1.165) is 18.9 Å². The Balaban J connectivity index is 1.60. The highest BCUT2D eigenvalue weighted by Gasteiger charge is 2.35. The van der Waals surface area contributed by atoms with Crippen LogP contribution in [0.4, 0.5) is 0 Å². The number of nitrogens with two attached hydrogens (primary N) is 1. The van der Waals surface area contributed by atoms with Crippen LogP contribution in [-0.4, -0.2) is 32.0 Å². The van der Waals surface area contributed by atoms with Gasteiger partial charge in [-0.2, -0.15) is 0 Å². The number of methoxy groups -OCH3 is 1. The second-order valence-electron chi connectivity index (χ2n) is 5.27. The molecule has 0 radical (unpaired) electrons. The van der Waals surface area contributed by atoms with Crippen LogP contribution < -0.4 is 5.73 Å². The molecule has 1 aliphatic heterocycles. The second-order valence-corrected chi connectivity index (χ2v) is 5.27. The van der Waals surface area contributed by atoms with Crippen molar-refractivity contribution in [2.24, 2.45) is 11.7 Å². The predicted molar refractivity (Wildman–Crippen MR) is 64.3 cm³/mol. The lowest BCUT2D eigenvalue weighted by Gasteiger charge is -2.22. The Labute approximate surface area is 98.7 Å². The van der Waals surface area contributed by atoms with Crippen molar-refractivity contribution in [3.05, 3.63) is 0 Å². The van der Waals surface area contributed by atoms with Gasteiger partial charge in [0, 0.05) is 19.8 Å². The molecule has 1 heterocycles. The van der Waals surface area contributed by atoms with Gasteiger partial charge in [0.15, 0.2) is 0 Å². The first kappa shape index (κ1) is 12.3. The monoisotopic (exact) mass is 227 g/mol. The molecule has 94 valence electrons. The molecular weight excluding hydrogens is 202 g/mol. The van der Waals surface area contributed by atoms with Crippen molar-refractivity contribution in [3.8, 4) is 0 Å². The Morgan fingerprint density at radius 2 is 2.19 bits per heavy atom. The highest BCUT2D eigenvalue weighted by Crippen LogP contribution is 2.36. The molecule has 3 atom stereocenters. The maximum Gasteiger partial charge on any atom is 0.0750 e. The van der Waals surface area contributed by atoms with Gasteiger partial charge >= 0.3 is 0 Å². The number of ether oxygens (including phenoxy) is 2. The topological polar surface area (TPSA) is 44.5 Å². The fourth-order valence-corrected chi connectivity index (χ4v) is 2.76. The first-order valence-corrected chi connectivity index (χ1v) is 6.71. The molecule has 2 rings (SSSR count). The fourth-order valence-electron chi connectivity index (χ4n) is 2.76. The van der Waals surface area contributed by atoms with Crippen molar-refractivity contribution < 1.29 is 9.47 Å². The standard InChI is InChI=1S/C13H25NO2/c1-15-13(10-7-8-10)12(14)6-2-4-11-5-3-9-16-11/h10-13H,2-9,14H2,1H3. The molecule has 2 aliphatic rings. The minimum absolute atomic E-state index is 0.221. The van der Waals surface area contributed by atoms with Crippen molar-refractivity contribution in [3.63, 3.8) is 0 Å². The quantitative estimate of drug-likeness (QED) is 0.724. The van der Waals surface area contributed by atoms with Gasteiger partial charge in [0.1, 0.15) is 0 Å². The molecule has 0 aromatic heterocycles. The summed E-state index contributed by atoms with van der Waals surface area (Å²) in [6.07, 6.45) is 9.32. The average Bonchev–Trinajstić information content (AvgIpc) is 2.96. The largest absolute Gasteiger partial charge is 0.380 e. The van der Waals surface area contributed by atoms with E-state index in [0.29, 0.717) is 12.2 Å². The van der Waals surface area contributed by atoms with E-state index in [1.54, 1.807) is 7.11 Å². The van der Waals surface area contributed by atoms with Crippen LogP contribution in [0.1, 0.15) is 44.9 Å². The Kier molecular flexibility index (Phi) is 4.62. The van der Waals surface area contributed by atoms with E-state index in [1.165, 1.54) is 38.5 Å². The maximum absolute atomic E-state index is 6.19. The van der Waals surface area contributed by atoms with E-state index in [-0.39, 0.29) is 6.04 Å². The molecule has 0 aromatic rings. The van der Waals surface area contributed by atoms with Gasteiger partial charge < -0.3 is 15.2 Å². The van der Waals surface area contributed by atoms with Crippen molar-refractivity contribution in [1.82, 2.24) is 0 Å². The molecule has 3 heteroatoms. The van der Waals surface area contributed by atoms with Crippen LogP contribution in [0.15, 0.2) is 0 Å². The van der Waals surface area contributed by atoms with Gasteiger partial charge in [-0.05, 0) is 50.9 Å². The predicted octanol–water partition coefficient (Wildman–Crippen LogP) is 2.09. The zero-order valence-electron chi connectivity index (χ0n) is 10.4. The lowest BCUT2D eigenvalue weighted by atomic mass is 9.99. The Morgan fingerprint density at radius 1 is 1.38 bits per heavy atom. The van der Waals surface area contributed by atoms with Gasteiger partial charge in [-0.25, -0.2) is 0 Å². The molecule has 2 fully saturated rings. The highest BCUT2D eigenvalue weighted by atomic mass is 16.5. The lowest BCUT2D eigenvalue weighted by molar-refractivity contribution is 0.0564. The summed E-state index contributed by atoms with van der Waals surface area (Å²) >= 11 is 0. The van der Waals surface area contributed by atoms with Gasteiger partial charge in [-0.3, -0.25) is 0 Å². The van der Waals surface area contributed by atoms with E-state index >= 15 is 0 Å². The molecular formula is C13H25NO2. The van der Waals surface area contributed by atoms with Crippen LogP contribution in [-0.2, 0) is 9.47 Å². The number of hydrogen-bond donors (Lipinski definition) is 1. The first-order chi connectivity index (χ1) is 7.81. The zero-order valence-corrected chi connectivity index (χ0v) is 10.4. The van der Waals surface area contributed by atoms with Gasteiger partial charge in [-0.15, -0.1) is 0 Å². The van der Waals surface area contributed by atoms with Crippen molar-refractivity contribution >= 4 is 0 Å². The summed E-state index contributed by atoms with van der Waals surface area (Å²) in [6.45, 7) is 0.958. The maximum atomic E-state index is 6.19. The summed E-state index contributed by atoms with van der Waals surface area (Å²) in [5.74, 6) is 0.739. The van der Waals surface area contributed by atoms with Crippen LogP contribution in [0.2, 0.25) is 0 Å². The summed E-state index contributed by atoms with van der Waals surface area (Å²) in [5.41, 5.74) is 6.19. The molecule has 1 aliphatic carbocycles. The molecule has 1 saturated carbocycles. The normalized spacial score (nSPS) is 29.2. The highest BCUT2D eigenvalue weighted by molar-refractivity contribution is 4.88. The lowest BCUT2D eigenvalue weighted by Crippen LogP contribution is -2.37. The van der Waals surface area contributed by atoms with Crippen LogP contribution in [0.3, 0.4) is 0 Å². The zero-order chi connectivity index (χ0) is 11.4. The SMILES string of the molecule is COC(C(N)CCCC1CCCO1)C1CC1. The second kappa shape index (κ2) is 5.99. The van der Waals surface area contributed by atoms with Crippen LogP contribution in [0.5, 0.6) is 0 Å². The van der Waals surface area contributed by atoms with Crippen LogP contribution in [0.25, 0.3) is 0 Å². The number of rotatable bonds is 7. The van der Waals surface area contributed by atoms with Crippen molar-refractivity contribution in [1.29, 1.82) is 0 Å². The summed E-state index contributed by atoms with van der Waals surface area (Å²) < 4.78 is 11.1. The average molecular weight is 227 g/mol. The molecule has 16 heavy (non-hydrogen) atoms. The van der Waals surface area contributed by atoms with E-state index in [1.807, 2.05) is 0 Å². The fraction of sp³-hybridized carbons (Fsp3) is 1.00. The van der Waals surface area contributed by atoms with Gasteiger partial charge in [0.25, 0.3) is 0 Å². The molecule has 0 amide bonds. The van der Waals surface area contributed by atoms with E-state index in [9.17, 15) is 0 Å². The van der Waals surface area contributed by atoms with Crippen molar-refractivity contribution in [2.75, 3.05) is 13.7 Å². The Hall–Kier alpha value is -0.120. The Morgan fingerprint density at radius 3 is 2.75 bits per heavy atom. The van der Waals surface area contributed by atoms with E-state index in [4.69, 9.17) is 15.2 Å². The molecule has 0 aromatic carbocycles.